The molecule has 1 amide bonds. The van der Waals surface area contributed by atoms with Gasteiger partial charge in [0.15, 0.2) is 0 Å². The summed E-state index contributed by atoms with van der Waals surface area (Å²) in [6.45, 7) is 1.85. The molecule has 1 aromatic heterocycles. The summed E-state index contributed by atoms with van der Waals surface area (Å²) in [5, 5.41) is 3.01. The first-order valence-electron chi connectivity index (χ1n) is 8.19. The van der Waals surface area contributed by atoms with Crippen molar-refractivity contribution in [3.05, 3.63) is 28.2 Å². The van der Waals surface area contributed by atoms with Crippen molar-refractivity contribution in [2.24, 2.45) is 30.5 Å². The van der Waals surface area contributed by atoms with Crippen LogP contribution >= 0.6 is 12.4 Å². The zero-order chi connectivity index (χ0) is 15.9. The molecule has 23 heavy (non-hydrogen) atoms. The van der Waals surface area contributed by atoms with E-state index in [1.807, 2.05) is 6.92 Å². The summed E-state index contributed by atoms with van der Waals surface area (Å²) in [7, 11) is 1.70. The van der Waals surface area contributed by atoms with Crippen LogP contribution in [-0.2, 0) is 11.8 Å². The first kappa shape index (κ1) is 18.0. The third-order valence-corrected chi connectivity index (χ3v) is 5.48. The molecule has 3 rings (SSSR count). The molecule has 5 nitrogen and oxygen atoms in total. The lowest BCUT2D eigenvalue weighted by molar-refractivity contribution is -0.122. The van der Waals surface area contributed by atoms with Crippen molar-refractivity contribution in [3.8, 4) is 0 Å². The number of rotatable bonds is 2. The Balaban J connectivity index is 0.00000192. The van der Waals surface area contributed by atoms with Gasteiger partial charge in [-0.2, -0.15) is 0 Å². The number of nitrogens with two attached hydrogens (primary N) is 1. The lowest BCUT2D eigenvalue weighted by Gasteiger charge is -2.43. The minimum atomic E-state index is -0.0614. The summed E-state index contributed by atoms with van der Waals surface area (Å²) in [4.78, 5) is 24.2. The van der Waals surface area contributed by atoms with Crippen molar-refractivity contribution in [1.29, 1.82) is 0 Å². The molecule has 2 bridgehead atoms. The van der Waals surface area contributed by atoms with E-state index in [0.717, 1.165) is 36.9 Å². The highest BCUT2D eigenvalue weighted by atomic mass is 35.5. The molecule has 6 heteroatoms. The number of amides is 1. The minimum Gasteiger partial charge on any atom is -0.327 e. The maximum atomic E-state index is 12.6. The number of pyridine rings is 1. The van der Waals surface area contributed by atoms with E-state index in [4.69, 9.17) is 5.73 Å². The monoisotopic (exact) mass is 339 g/mol. The minimum absolute atomic E-state index is 0. The van der Waals surface area contributed by atoms with Crippen LogP contribution in [0.4, 0.5) is 5.69 Å². The van der Waals surface area contributed by atoms with Gasteiger partial charge in [-0.3, -0.25) is 9.59 Å². The first-order chi connectivity index (χ1) is 10.5. The van der Waals surface area contributed by atoms with Crippen LogP contribution in [-0.4, -0.2) is 16.5 Å². The van der Waals surface area contributed by atoms with Gasteiger partial charge < -0.3 is 15.6 Å². The summed E-state index contributed by atoms with van der Waals surface area (Å²) in [6.07, 6.45) is 7.05. The highest BCUT2D eigenvalue weighted by Gasteiger charge is 2.40. The molecular formula is C17H26ClN3O2. The Morgan fingerprint density at radius 1 is 1.30 bits per heavy atom. The molecule has 2 aliphatic carbocycles. The maximum Gasteiger partial charge on any atom is 0.250 e. The van der Waals surface area contributed by atoms with E-state index in [-0.39, 0.29) is 35.8 Å². The van der Waals surface area contributed by atoms with Crippen molar-refractivity contribution in [3.63, 3.8) is 0 Å². The van der Waals surface area contributed by atoms with Crippen LogP contribution in [0.3, 0.4) is 0 Å². The lowest BCUT2D eigenvalue weighted by atomic mass is 9.65. The number of nitrogens with one attached hydrogen (secondary N) is 1. The van der Waals surface area contributed by atoms with E-state index in [9.17, 15) is 9.59 Å². The predicted octanol–water partition coefficient (Wildman–Crippen LogP) is 2.21. The summed E-state index contributed by atoms with van der Waals surface area (Å²) in [5.74, 6) is 1.10. The van der Waals surface area contributed by atoms with Gasteiger partial charge in [-0.1, -0.05) is 6.42 Å². The molecule has 2 aliphatic rings. The Hall–Kier alpha value is -1.33. The van der Waals surface area contributed by atoms with E-state index in [1.165, 1.54) is 11.0 Å². The Labute approximate surface area is 143 Å². The predicted molar refractivity (Wildman–Crippen MR) is 93.8 cm³/mol. The van der Waals surface area contributed by atoms with Crippen molar-refractivity contribution in [2.45, 2.75) is 45.1 Å². The SMILES string of the molecule is Cc1cc(=O)n(C)cc1NC(=O)C1CC2CCCC(C1)C2N.Cl. The molecule has 3 N–H and O–H groups in total. The number of nitrogens with zero attached hydrogens (tertiary/aromatic N) is 1. The first-order valence-corrected chi connectivity index (χ1v) is 8.19. The zero-order valence-corrected chi connectivity index (χ0v) is 14.6. The molecule has 128 valence electrons. The number of anilines is 1. The van der Waals surface area contributed by atoms with Crippen LogP contribution in [0.5, 0.6) is 0 Å². The molecule has 2 unspecified atom stereocenters. The normalized spacial score (nSPS) is 29.5. The van der Waals surface area contributed by atoms with Crippen molar-refractivity contribution < 1.29 is 4.79 Å². The molecule has 0 saturated heterocycles. The van der Waals surface area contributed by atoms with Crippen LogP contribution in [0.2, 0.25) is 0 Å². The largest absolute Gasteiger partial charge is 0.327 e. The molecular weight excluding hydrogens is 314 g/mol. The van der Waals surface area contributed by atoms with E-state index in [1.54, 1.807) is 19.3 Å². The number of halogens is 1. The third-order valence-electron chi connectivity index (χ3n) is 5.48. The molecule has 0 aliphatic heterocycles. The standard InChI is InChI=1S/C17H25N3O2.ClH/c1-10-6-15(21)20(2)9-14(10)19-17(22)13-7-11-4-3-5-12(8-13)16(11)18;/h6,9,11-13,16H,3-5,7-8,18H2,1-2H3,(H,19,22);1H. The summed E-state index contributed by atoms with van der Waals surface area (Å²) < 4.78 is 1.49. The zero-order valence-electron chi connectivity index (χ0n) is 13.7. The number of hydrogen-bond donors (Lipinski definition) is 2. The van der Waals surface area contributed by atoms with E-state index >= 15 is 0 Å². The number of fused-ring (bicyclic) bond motifs is 2. The van der Waals surface area contributed by atoms with Crippen LogP contribution < -0.4 is 16.6 Å². The second-order valence-corrected chi connectivity index (χ2v) is 7.01. The quantitative estimate of drug-likeness (QED) is 0.867. The maximum absolute atomic E-state index is 12.6. The highest BCUT2D eigenvalue weighted by Crippen LogP contribution is 2.42. The average Bonchev–Trinajstić information content (AvgIpc) is 2.44. The van der Waals surface area contributed by atoms with Gasteiger partial charge >= 0.3 is 0 Å². The van der Waals surface area contributed by atoms with Crippen LogP contribution in [0.25, 0.3) is 0 Å². The fourth-order valence-corrected chi connectivity index (χ4v) is 4.09. The lowest BCUT2D eigenvalue weighted by Crippen LogP contribution is -2.48. The van der Waals surface area contributed by atoms with Gasteiger partial charge in [0.25, 0.3) is 5.56 Å². The van der Waals surface area contributed by atoms with Crippen molar-refractivity contribution in [2.75, 3.05) is 5.32 Å². The van der Waals surface area contributed by atoms with Gasteiger partial charge in [-0.25, -0.2) is 0 Å². The fourth-order valence-electron chi connectivity index (χ4n) is 4.09. The molecule has 2 atom stereocenters. The van der Waals surface area contributed by atoms with E-state index in [0.29, 0.717) is 11.8 Å². The van der Waals surface area contributed by atoms with Gasteiger partial charge in [0.2, 0.25) is 5.91 Å². The highest BCUT2D eigenvalue weighted by molar-refractivity contribution is 5.93. The van der Waals surface area contributed by atoms with E-state index < -0.39 is 0 Å². The molecule has 0 spiro atoms. The number of carbonyl (C=O) groups excluding carboxylic acids is 1. The molecule has 0 radical (unpaired) electrons. The summed E-state index contributed by atoms with van der Waals surface area (Å²) in [5.41, 5.74) is 7.77. The second kappa shape index (κ2) is 7.05. The van der Waals surface area contributed by atoms with Crippen LogP contribution in [0, 0.1) is 24.7 Å². The fraction of sp³-hybridized carbons (Fsp3) is 0.647. The molecule has 1 aromatic rings. The van der Waals surface area contributed by atoms with E-state index in [2.05, 4.69) is 5.32 Å². The van der Waals surface area contributed by atoms with Gasteiger partial charge in [0.05, 0.1) is 5.69 Å². The van der Waals surface area contributed by atoms with Crippen molar-refractivity contribution >= 4 is 24.0 Å². The van der Waals surface area contributed by atoms with Gasteiger partial charge in [0, 0.05) is 31.3 Å². The second-order valence-electron chi connectivity index (χ2n) is 7.01. The van der Waals surface area contributed by atoms with Crippen molar-refractivity contribution in [1.82, 2.24) is 4.57 Å². The number of aryl methyl sites for hydroxylation is 2. The van der Waals surface area contributed by atoms with Gasteiger partial charge in [0.1, 0.15) is 0 Å². The van der Waals surface area contributed by atoms with Crippen LogP contribution in [0.1, 0.15) is 37.7 Å². The molecule has 2 fully saturated rings. The number of hydrogen-bond acceptors (Lipinski definition) is 3. The Kier molecular flexibility index (Phi) is 5.53. The molecule has 0 aromatic carbocycles. The summed E-state index contributed by atoms with van der Waals surface area (Å²) in [6, 6.07) is 1.83. The molecule has 2 saturated carbocycles. The van der Waals surface area contributed by atoms with Crippen LogP contribution in [0.15, 0.2) is 17.1 Å². The molecule has 1 heterocycles. The Morgan fingerprint density at radius 2 is 1.91 bits per heavy atom. The number of aromatic nitrogens is 1. The van der Waals surface area contributed by atoms with Gasteiger partial charge in [-0.15, -0.1) is 12.4 Å². The topological polar surface area (TPSA) is 77.1 Å². The number of carbonyl (C=O) groups is 1. The third kappa shape index (κ3) is 3.61. The average molecular weight is 340 g/mol. The summed E-state index contributed by atoms with van der Waals surface area (Å²) >= 11 is 0. The Morgan fingerprint density at radius 3 is 2.52 bits per heavy atom. The smallest absolute Gasteiger partial charge is 0.250 e. The van der Waals surface area contributed by atoms with Gasteiger partial charge in [-0.05, 0) is 50.0 Å². The Bertz CT molecular complexity index is 629.